The number of hydrogen-bond donors (Lipinski definition) is 1. The average molecular weight is 430 g/mol. The maximum absolute atomic E-state index is 11.3. The summed E-state index contributed by atoms with van der Waals surface area (Å²) in [5, 5.41) is 0. The molecule has 0 aromatic heterocycles. The molecule has 1 atom stereocenters. The van der Waals surface area contributed by atoms with Gasteiger partial charge in [-0.05, 0) is 38.5 Å². The van der Waals surface area contributed by atoms with Crippen LogP contribution in [0.3, 0.4) is 0 Å². The number of amides is 1. The summed E-state index contributed by atoms with van der Waals surface area (Å²) in [6.07, 6.45) is 38.3. The second-order valence-electron chi connectivity index (χ2n) is 8.77. The van der Waals surface area contributed by atoms with Gasteiger partial charge in [0.1, 0.15) is 0 Å². The summed E-state index contributed by atoms with van der Waals surface area (Å²) in [6, 6.07) is 0. The standard InChI is InChI=1S/C29H51NO/c1-3-5-6-7-8-9-10-11-12-13-14-15-16-17-18-19-20-21-22-23-24-25-27-28(26-4-2)29(30)31/h8-15,28H,3-7,16-27H2,1-2H3,(H2,30,31). The van der Waals surface area contributed by atoms with Crippen molar-refractivity contribution < 1.29 is 4.79 Å². The molecule has 0 rings (SSSR count). The summed E-state index contributed by atoms with van der Waals surface area (Å²) in [7, 11) is 0. The zero-order valence-corrected chi connectivity index (χ0v) is 20.7. The second kappa shape index (κ2) is 24.7. The number of unbranched alkanes of at least 4 members (excludes halogenated alkanes) is 12. The fourth-order valence-electron chi connectivity index (χ4n) is 3.79. The molecule has 2 nitrogen and oxygen atoms in total. The molecule has 0 saturated heterocycles. The summed E-state index contributed by atoms with van der Waals surface area (Å²) >= 11 is 0. The highest BCUT2D eigenvalue weighted by Gasteiger charge is 2.12. The molecule has 2 heteroatoms. The molecule has 2 N–H and O–H groups in total. The van der Waals surface area contributed by atoms with Crippen molar-refractivity contribution >= 4 is 5.91 Å². The van der Waals surface area contributed by atoms with E-state index in [-0.39, 0.29) is 11.8 Å². The van der Waals surface area contributed by atoms with E-state index in [1.165, 1.54) is 83.5 Å². The van der Waals surface area contributed by atoms with Crippen LogP contribution in [0.4, 0.5) is 0 Å². The molecule has 0 aliphatic heterocycles. The molecule has 0 heterocycles. The highest BCUT2D eigenvalue weighted by Crippen LogP contribution is 2.17. The lowest BCUT2D eigenvalue weighted by atomic mass is 9.95. The van der Waals surface area contributed by atoms with Gasteiger partial charge in [0.05, 0.1) is 0 Å². The molecule has 0 aromatic rings. The van der Waals surface area contributed by atoms with Crippen molar-refractivity contribution in [3.05, 3.63) is 48.6 Å². The Bertz CT molecular complexity index is 501. The Balaban J connectivity index is 3.41. The van der Waals surface area contributed by atoms with Crippen molar-refractivity contribution in [3.63, 3.8) is 0 Å². The van der Waals surface area contributed by atoms with Crippen LogP contribution in [0.25, 0.3) is 0 Å². The van der Waals surface area contributed by atoms with Gasteiger partial charge < -0.3 is 5.73 Å². The first kappa shape index (κ1) is 29.4. The van der Waals surface area contributed by atoms with Crippen molar-refractivity contribution in [2.24, 2.45) is 11.7 Å². The van der Waals surface area contributed by atoms with Crippen LogP contribution in [0.5, 0.6) is 0 Å². The number of carbonyl (C=O) groups is 1. The lowest BCUT2D eigenvalue weighted by Crippen LogP contribution is -2.23. The fraction of sp³-hybridized carbons (Fsp3) is 0.690. The van der Waals surface area contributed by atoms with Crippen molar-refractivity contribution in [2.45, 2.75) is 123 Å². The van der Waals surface area contributed by atoms with Crippen LogP contribution in [0.2, 0.25) is 0 Å². The number of carbonyl (C=O) groups excluding carboxylic acids is 1. The van der Waals surface area contributed by atoms with Crippen LogP contribution in [-0.2, 0) is 4.79 Å². The van der Waals surface area contributed by atoms with E-state index >= 15 is 0 Å². The van der Waals surface area contributed by atoms with E-state index in [1.54, 1.807) is 0 Å². The predicted octanol–water partition coefficient (Wildman–Crippen LogP) is 8.98. The van der Waals surface area contributed by atoms with Crippen molar-refractivity contribution in [1.29, 1.82) is 0 Å². The number of hydrogen-bond acceptors (Lipinski definition) is 1. The minimum Gasteiger partial charge on any atom is -0.369 e. The molecule has 31 heavy (non-hydrogen) atoms. The molecule has 0 fully saturated rings. The van der Waals surface area contributed by atoms with Crippen molar-refractivity contribution in [3.8, 4) is 0 Å². The fourth-order valence-corrected chi connectivity index (χ4v) is 3.79. The highest BCUT2D eigenvalue weighted by molar-refractivity contribution is 5.76. The van der Waals surface area contributed by atoms with Gasteiger partial charge in [-0.1, -0.05) is 133 Å². The monoisotopic (exact) mass is 429 g/mol. The van der Waals surface area contributed by atoms with Crippen LogP contribution in [0.1, 0.15) is 123 Å². The van der Waals surface area contributed by atoms with Gasteiger partial charge in [0, 0.05) is 5.92 Å². The van der Waals surface area contributed by atoms with Gasteiger partial charge in [-0.3, -0.25) is 4.79 Å². The number of primary amides is 1. The number of allylic oxidation sites excluding steroid dienone is 8. The van der Waals surface area contributed by atoms with E-state index in [4.69, 9.17) is 5.73 Å². The van der Waals surface area contributed by atoms with E-state index < -0.39 is 0 Å². The Morgan fingerprint density at radius 1 is 0.581 bits per heavy atom. The first-order chi connectivity index (χ1) is 15.2. The van der Waals surface area contributed by atoms with Crippen LogP contribution in [0, 0.1) is 5.92 Å². The smallest absolute Gasteiger partial charge is 0.220 e. The van der Waals surface area contributed by atoms with Crippen LogP contribution < -0.4 is 5.73 Å². The largest absolute Gasteiger partial charge is 0.369 e. The Hall–Kier alpha value is -1.57. The summed E-state index contributed by atoms with van der Waals surface area (Å²) < 4.78 is 0. The molecule has 0 aliphatic rings. The van der Waals surface area contributed by atoms with E-state index in [2.05, 4.69) is 62.5 Å². The molecule has 178 valence electrons. The molecule has 1 unspecified atom stereocenters. The van der Waals surface area contributed by atoms with Gasteiger partial charge in [0.25, 0.3) is 0 Å². The van der Waals surface area contributed by atoms with Crippen molar-refractivity contribution in [1.82, 2.24) is 0 Å². The molecule has 0 aromatic carbocycles. The summed E-state index contributed by atoms with van der Waals surface area (Å²) in [6.45, 7) is 4.36. The Morgan fingerprint density at radius 2 is 1.03 bits per heavy atom. The molecular formula is C29H51NO. The number of rotatable bonds is 22. The Morgan fingerprint density at radius 3 is 1.52 bits per heavy atom. The second-order valence-corrected chi connectivity index (χ2v) is 8.77. The van der Waals surface area contributed by atoms with Crippen LogP contribution in [-0.4, -0.2) is 5.91 Å². The lowest BCUT2D eigenvalue weighted by molar-refractivity contribution is -0.122. The Kier molecular flexibility index (Phi) is 23.4. The zero-order valence-electron chi connectivity index (χ0n) is 20.7. The normalized spacial score (nSPS) is 13.4. The topological polar surface area (TPSA) is 43.1 Å². The average Bonchev–Trinajstić information content (AvgIpc) is 2.76. The molecular weight excluding hydrogens is 378 g/mol. The van der Waals surface area contributed by atoms with E-state index in [0.717, 1.165) is 25.7 Å². The molecule has 0 spiro atoms. The van der Waals surface area contributed by atoms with Gasteiger partial charge >= 0.3 is 0 Å². The summed E-state index contributed by atoms with van der Waals surface area (Å²) in [5.41, 5.74) is 5.46. The SMILES string of the molecule is CCCCCC=CC=CC=CC=CCCCCCCCCCCCC(CCC)C(N)=O. The van der Waals surface area contributed by atoms with Gasteiger partial charge in [0.15, 0.2) is 0 Å². The first-order valence-electron chi connectivity index (χ1n) is 13.2. The zero-order chi connectivity index (χ0) is 22.8. The van der Waals surface area contributed by atoms with E-state index in [9.17, 15) is 4.79 Å². The molecule has 0 saturated carbocycles. The third-order valence-corrected chi connectivity index (χ3v) is 5.76. The van der Waals surface area contributed by atoms with Gasteiger partial charge in [-0.15, -0.1) is 0 Å². The minimum atomic E-state index is -0.106. The minimum absolute atomic E-state index is 0.105. The maximum atomic E-state index is 11.3. The van der Waals surface area contributed by atoms with Gasteiger partial charge in [0.2, 0.25) is 5.91 Å². The van der Waals surface area contributed by atoms with E-state index in [1.807, 2.05) is 0 Å². The molecule has 0 radical (unpaired) electrons. The van der Waals surface area contributed by atoms with Gasteiger partial charge in [-0.2, -0.15) is 0 Å². The first-order valence-corrected chi connectivity index (χ1v) is 13.2. The summed E-state index contributed by atoms with van der Waals surface area (Å²) in [5.74, 6) is -0.00116. The predicted molar refractivity (Wildman–Crippen MR) is 139 cm³/mol. The molecule has 0 bridgehead atoms. The highest BCUT2D eigenvalue weighted by atomic mass is 16.1. The number of nitrogens with two attached hydrogens (primary N) is 1. The third-order valence-electron chi connectivity index (χ3n) is 5.76. The maximum Gasteiger partial charge on any atom is 0.220 e. The third kappa shape index (κ3) is 22.9. The van der Waals surface area contributed by atoms with Gasteiger partial charge in [-0.25, -0.2) is 0 Å². The summed E-state index contributed by atoms with van der Waals surface area (Å²) in [4.78, 5) is 11.3. The molecule has 0 aliphatic carbocycles. The quantitative estimate of drug-likeness (QED) is 0.135. The van der Waals surface area contributed by atoms with Crippen LogP contribution in [0.15, 0.2) is 48.6 Å². The van der Waals surface area contributed by atoms with E-state index in [0.29, 0.717) is 0 Å². The van der Waals surface area contributed by atoms with Crippen LogP contribution >= 0.6 is 0 Å². The lowest BCUT2D eigenvalue weighted by Gasteiger charge is -2.11. The molecule has 1 amide bonds. The van der Waals surface area contributed by atoms with Crippen molar-refractivity contribution in [2.75, 3.05) is 0 Å². The Labute approximate surface area is 194 Å².